The van der Waals surface area contributed by atoms with Gasteiger partial charge in [0.1, 0.15) is 11.3 Å². The van der Waals surface area contributed by atoms with Crippen LogP contribution in [0.1, 0.15) is 37.9 Å². The highest BCUT2D eigenvalue weighted by molar-refractivity contribution is 14.0. The van der Waals surface area contributed by atoms with Gasteiger partial charge >= 0.3 is 0 Å². The van der Waals surface area contributed by atoms with E-state index in [0.717, 1.165) is 55.2 Å². The average molecular weight is 485 g/mol. The number of nitrogens with one attached hydrogen (secondary N) is 2. The zero-order valence-electron chi connectivity index (χ0n) is 16.4. The second-order valence-electron chi connectivity index (χ2n) is 7.30. The van der Waals surface area contributed by atoms with Crippen molar-refractivity contribution in [3.05, 3.63) is 36.1 Å². The molecule has 0 radical (unpaired) electrons. The summed E-state index contributed by atoms with van der Waals surface area (Å²) in [5.74, 6) is 1.87. The lowest BCUT2D eigenvalue weighted by Gasteiger charge is -2.29. The summed E-state index contributed by atoms with van der Waals surface area (Å²) < 4.78 is 11.2. The molecule has 0 atom stereocenters. The van der Waals surface area contributed by atoms with Gasteiger partial charge in [-0.05, 0) is 36.8 Å². The standard InChI is InChI=1S/C21H31N3O2.HI/c1-22-20(24-16-21(12-14-25-2)10-5-6-11-21)23-13-9-18-15-17-7-3-4-8-19(17)26-18;/h3-4,7-8,15H,5-6,9-14,16H2,1-2H3,(H2,22,23,24);1H. The molecular weight excluding hydrogens is 453 g/mol. The minimum absolute atomic E-state index is 0. The first-order valence-electron chi connectivity index (χ1n) is 9.66. The van der Waals surface area contributed by atoms with Crippen LogP contribution >= 0.6 is 24.0 Å². The molecule has 0 amide bonds. The molecule has 0 unspecified atom stereocenters. The summed E-state index contributed by atoms with van der Waals surface area (Å²) in [6.45, 7) is 2.59. The van der Waals surface area contributed by atoms with Crippen molar-refractivity contribution in [2.24, 2.45) is 10.4 Å². The normalized spacial score (nSPS) is 16.3. The Balaban J connectivity index is 0.00000261. The first-order valence-corrected chi connectivity index (χ1v) is 9.66. The van der Waals surface area contributed by atoms with Gasteiger partial charge in [0.05, 0.1) is 0 Å². The van der Waals surface area contributed by atoms with E-state index in [2.05, 4.69) is 27.8 Å². The molecule has 1 fully saturated rings. The number of methoxy groups -OCH3 is 1. The molecule has 27 heavy (non-hydrogen) atoms. The van der Waals surface area contributed by atoms with Crippen LogP contribution in [0.15, 0.2) is 39.7 Å². The lowest BCUT2D eigenvalue weighted by atomic mass is 9.83. The Morgan fingerprint density at radius 1 is 1.22 bits per heavy atom. The lowest BCUT2D eigenvalue weighted by molar-refractivity contribution is 0.138. The van der Waals surface area contributed by atoms with Gasteiger partial charge < -0.3 is 19.8 Å². The van der Waals surface area contributed by atoms with Crippen LogP contribution in [0, 0.1) is 5.41 Å². The first-order chi connectivity index (χ1) is 12.7. The van der Waals surface area contributed by atoms with Gasteiger partial charge in [0.2, 0.25) is 0 Å². The monoisotopic (exact) mass is 485 g/mol. The minimum Gasteiger partial charge on any atom is -0.461 e. The van der Waals surface area contributed by atoms with E-state index in [4.69, 9.17) is 9.15 Å². The Morgan fingerprint density at radius 2 is 2.00 bits per heavy atom. The Hall–Kier alpha value is -1.28. The maximum Gasteiger partial charge on any atom is 0.191 e. The zero-order chi connectivity index (χ0) is 18.2. The Bertz CT molecular complexity index is 690. The van der Waals surface area contributed by atoms with Crippen molar-refractivity contribution >= 4 is 40.9 Å². The SMILES string of the molecule is CN=C(NCCc1cc2ccccc2o1)NCC1(CCOC)CCCC1.I. The quantitative estimate of drug-likeness (QED) is 0.332. The summed E-state index contributed by atoms with van der Waals surface area (Å²) in [7, 11) is 3.61. The minimum atomic E-state index is 0. The average Bonchev–Trinajstić information content (AvgIpc) is 3.30. The first kappa shape index (κ1) is 22.0. The molecular formula is C21H32IN3O2. The molecule has 3 rings (SSSR count). The molecule has 0 spiro atoms. The highest BCUT2D eigenvalue weighted by Crippen LogP contribution is 2.40. The van der Waals surface area contributed by atoms with E-state index in [1.165, 1.54) is 25.7 Å². The Labute approximate surface area is 179 Å². The number of hydrogen-bond donors (Lipinski definition) is 2. The van der Waals surface area contributed by atoms with E-state index >= 15 is 0 Å². The van der Waals surface area contributed by atoms with Crippen molar-refractivity contribution in [1.29, 1.82) is 0 Å². The Morgan fingerprint density at radius 3 is 2.70 bits per heavy atom. The van der Waals surface area contributed by atoms with Crippen LogP contribution in [0.4, 0.5) is 0 Å². The van der Waals surface area contributed by atoms with E-state index in [-0.39, 0.29) is 24.0 Å². The van der Waals surface area contributed by atoms with Crippen LogP contribution in [0.2, 0.25) is 0 Å². The van der Waals surface area contributed by atoms with E-state index < -0.39 is 0 Å². The fourth-order valence-electron chi connectivity index (χ4n) is 3.91. The van der Waals surface area contributed by atoms with Crippen molar-refractivity contribution in [1.82, 2.24) is 10.6 Å². The van der Waals surface area contributed by atoms with Gasteiger partial charge in [-0.3, -0.25) is 4.99 Å². The van der Waals surface area contributed by atoms with Crippen LogP contribution in [-0.2, 0) is 11.2 Å². The van der Waals surface area contributed by atoms with Crippen LogP contribution < -0.4 is 10.6 Å². The molecule has 5 nitrogen and oxygen atoms in total. The molecule has 1 heterocycles. The molecule has 2 N–H and O–H groups in total. The number of benzene rings is 1. The molecule has 1 aromatic carbocycles. The highest BCUT2D eigenvalue weighted by Gasteiger charge is 2.33. The molecule has 1 aromatic heterocycles. The molecule has 2 aromatic rings. The number of halogens is 1. The number of guanidine groups is 1. The molecule has 150 valence electrons. The van der Waals surface area contributed by atoms with Gasteiger partial charge in [-0.2, -0.15) is 0 Å². The summed E-state index contributed by atoms with van der Waals surface area (Å²) in [5, 5.41) is 8.09. The molecule has 1 saturated carbocycles. The summed E-state index contributed by atoms with van der Waals surface area (Å²) in [4.78, 5) is 4.37. The van der Waals surface area contributed by atoms with Crippen molar-refractivity contribution in [2.45, 2.75) is 38.5 Å². The number of rotatable bonds is 8. The number of nitrogens with zero attached hydrogens (tertiary/aromatic N) is 1. The fraction of sp³-hybridized carbons (Fsp3) is 0.571. The largest absolute Gasteiger partial charge is 0.461 e. The summed E-state index contributed by atoms with van der Waals surface area (Å²) in [5.41, 5.74) is 1.30. The van der Waals surface area contributed by atoms with Gasteiger partial charge in [0.25, 0.3) is 0 Å². The van der Waals surface area contributed by atoms with Crippen LogP contribution in [0.25, 0.3) is 11.0 Å². The van der Waals surface area contributed by atoms with Crippen LogP contribution in [-0.4, -0.2) is 39.8 Å². The maximum absolute atomic E-state index is 5.87. The second kappa shape index (κ2) is 10.9. The molecule has 6 heteroatoms. The third-order valence-corrected chi connectivity index (χ3v) is 5.50. The van der Waals surface area contributed by atoms with Gasteiger partial charge in [-0.1, -0.05) is 31.0 Å². The highest BCUT2D eigenvalue weighted by atomic mass is 127. The molecule has 0 aliphatic heterocycles. The smallest absolute Gasteiger partial charge is 0.191 e. The van der Waals surface area contributed by atoms with Crippen molar-refractivity contribution < 1.29 is 9.15 Å². The van der Waals surface area contributed by atoms with Gasteiger partial charge in [0, 0.05) is 45.7 Å². The van der Waals surface area contributed by atoms with E-state index in [1.807, 2.05) is 25.2 Å². The van der Waals surface area contributed by atoms with E-state index in [0.29, 0.717) is 5.41 Å². The molecule has 0 saturated heterocycles. The molecule has 1 aliphatic carbocycles. The number of fused-ring (bicyclic) bond motifs is 1. The van der Waals surface area contributed by atoms with Crippen LogP contribution in [0.5, 0.6) is 0 Å². The molecule has 0 bridgehead atoms. The van der Waals surface area contributed by atoms with Crippen LogP contribution in [0.3, 0.4) is 0 Å². The second-order valence-corrected chi connectivity index (χ2v) is 7.30. The van der Waals surface area contributed by atoms with Gasteiger partial charge in [-0.25, -0.2) is 0 Å². The number of aliphatic imine (C=N–C) groups is 1. The summed E-state index contributed by atoms with van der Waals surface area (Å²) in [6, 6.07) is 10.2. The van der Waals surface area contributed by atoms with Gasteiger partial charge in [0.15, 0.2) is 5.96 Å². The van der Waals surface area contributed by atoms with Crippen molar-refractivity contribution in [3.8, 4) is 0 Å². The Kier molecular flexibility index (Phi) is 8.89. The number of furan rings is 1. The van der Waals surface area contributed by atoms with E-state index in [9.17, 15) is 0 Å². The predicted octanol–water partition coefficient (Wildman–Crippen LogP) is 4.36. The zero-order valence-corrected chi connectivity index (χ0v) is 18.8. The number of hydrogen-bond acceptors (Lipinski definition) is 3. The fourth-order valence-corrected chi connectivity index (χ4v) is 3.91. The topological polar surface area (TPSA) is 58.8 Å². The summed E-state index contributed by atoms with van der Waals surface area (Å²) in [6.07, 6.45) is 7.16. The van der Waals surface area contributed by atoms with E-state index in [1.54, 1.807) is 7.11 Å². The number of para-hydroxylation sites is 1. The van der Waals surface area contributed by atoms with Crippen molar-refractivity contribution in [2.75, 3.05) is 33.9 Å². The lowest BCUT2D eigenvalue weighted by Crippen LogP contribution is -2.43. The predicted molar refractivity (Wildman–Crippen MR) is 122 cm³/mol. The third-order valence-electron chi connectivity index (χ3n) is 5.50. The number of ether oxygens (including phenoxy) is 1. The third kappa shape index (κ3) is 6.10. The van der Waals surface area contributed by atoms with Crippen molar-refractivity contribution in [3.63, 3.8) is 0 Å². The maximum atomic E-state index is 5.87. The molecule has 1 aliphatic rings. The van der Waals surface area contributed by atoms with Gasteiger partial charge in [-0.15, -0.1) is 24.0 Å². The summed E-state index contributed by atoms with van der Waals surface area (Å²) >= 11 is 0.